The molecule has 1 heterocycles. The van der Waals surface area contributed by atoms with Gasteiger partial charge < -0.3 is 9.63 Å². The zero-order chi connectivity index (χ0) is 11.8. The van der Waals surface area contributed by atoms with Crippen molar-refractivity contribution in [2.75, 3.05) is 0 Å². The molecule has 5 heteroatoms. The third-order valence-corrected chi connectivity index (χ3v) is 4.06. The summed E-state index contributed by atoms with van der Waals surface area (Å²) in [5.74, 6) is 1.16. The molecule has 3 rings (SSSR count). The van der Waals surface area contributed by atoms with Crippen molar-refractivity contribution in [1.82, 2.24) is 10.1 Å². The van der Waals surface area contributed by atoms with Crippen LogP contribution in [0.5, 0.6) is 0 Å². The summed E-state index contributed by atoms with van der Waals surface area (Å²) in [6.07, 6.45) is 5.77. The first-order valence-corrected chi connectivity index (χ1v) is 6.30. The molecule has 92 valence electrons. The molecule has 2 aliphatic carbocycles. The minimum absolute atomic E-state index is 0.150. The maximum Gasteiger partial charge on any atom is 0.306 e. The highest BCUT2D eigenvalue weighted by atomic mass is 16.5. The summed E-state index contributed by atoms with van der Waals surface area (Å²) >= 11 is 0. The average Bonchev–Trinajstić information content (AvgIpc) is 2.80. The van der Waals surface area contributed by atoms with Crippen LogP contribution in [-0.2, 0) is 4.79 Å². The Morgan fingerprint density at radius 2 is 2.06 bits per heavy atom. The van der Waals surface area contributed by atoms with E-state index in [-0.39, 0.29) is 11.8 Å². The maximum atomic E-state index is 10.9. The monoisotopic (exact) mass is 236 g/mol. The molecule has 2 aliphatic rings. The summed E-state index contributed by atoms with van der Waals surface area (Å²) in [6.45, 7) is 0. The van der Waals surface area contributed by atoms with Crippen LogP contribution in [0, 0.1) is 5.92 Å². The molecule has 0 aromatic carbocycles. The molecule has 0 spiro atoms. The van der Waals surface area contributed by atoms with Crippen molar-refractivity contribution in [2.45, 2.75) is 50.4 Å². The quantitative estimate of drug-likeness (QED) is 0.871. The first kappa shape index (κ1) is 10.7. The summed E-state index contributed by atoms with van der Waals surface area (Å²) in [5.41, 5.74) is 0. The van der Waals surface area contributed by atoms with Gasteiger partial charge in [0.1, 0.15) is 0 Å². The highest BCUT2D eigenvalue weighted by Crippen LogP contribution is 2.39. The predicted octanol–water partition coefficient (Wildman–Crippen LogP) is 2.31. The SMILES string of the molecule is O=C(O)C1CCC(c2nc(C3CCC3)no2)C1. The minimum atomic E-state index is -0.703. The van der Waals surface area contributed by atoms with Gasteiger partial charge >= 0.3 is 5.97 Å². The average molecular weight is 236 g/mol. The zero-order valence-corrected chi connectivity index (χ0v) is 9.63. The predicted molar refractivity (Wildman–Crippen MR) is 58.6 cm³/mol. The second-order valence-corrected chi connectivity index (χ2v) is 5.16. The minimum Gasteiger partial charge on any atom is -0.481 e. The van der Waals surface area contributed by atoms with Crippen molar-refractivity contribution in [3.05, 3.63) is 11.7 Å². The summed E-state index contributed by atoms with van der Waals surface area (Å²) in [7, 11) is 0. The lowest BCUT2D eigenvalue weighted by Gasteiger charge is -2.21. The van der Waals surface area contributed by atoms with Crippen LogP contribution in [0.1, 0.15) is 62.1 Å². The zero-order valence-electron chi connectivity index (χ0n) is 9.63. The highest BCUT2D eigenvalue weighted by molar-refractivity contribution is 5.70. The topological polar surface area (TPSA) is 76.2 Å². The highest BCUT2D eigenvalue weighted by Gasteiger charge is 2.34. The second-order valence-electron chi connectivity index (χ2n) is 5.16. The van der Waals surface area contributed by atoms with E-state index in [1.807, 2.05) is 0 Å². The van der Waals surface area contributed by atoms with E-state index in [0.29, 0.717) is 18.2 Å². The Morgan fingerprint density at radius 3 is 2.65 bits per heavy atom. The Kier molecular flexibility index (Phi) is 2.61. The molecule has 2 fully saturated rings. The summed E-state index contributed by atoms with van der Waals surface area (Å²) < 4.78 is 5.28. The Hall–Kier alpha value is -1.39. The maximum absolute atomic E-state index is 10.9. The van der Waals surface area contributed by atoms with E-state index < -0.39 is 5.97 Å². The molecular formula is C12H16N2O3. The fourth-order valence-electron chi connectivity index (χ4n) is 2.68. The third-order valence-electron chi connectivity index (χ3n) is 4.06. The van der Waals surface area contributed by atoms with Crippen LogP contribution in [0.4, 0.5) is 0 Å². The van der Waals surface area contributed by atoms with Gasteiger partial charge in [-0.1, -0.05) is 11.6 Å². The Morgan fingerprint density at radius 1 is 1.24 bits per heavy atom. The Bertz CT molecular complexity index is 425. The summed E-state index contributed by atoms with van der Waals surface area (Å²) in [5, 5.41) is 13.0. The first-order chi connectivity index (χ1) is 8.24. The van der Waals surface area contributed by atoms with E-state index in [2.05, 4.69) is 10.1 Å². The van der Waals surface area contributed by atoms with Gasteiger partial charge in [0.15, 0.2) is 5.82 Å². The van der Waals surface area contributed by atoms with E-state index in [1.54, 1.807) is 0 Å². The van der Waals surface area contributed by atoms with Gasteiger partial charge in [0.2, 0.25) is 5.89 Å². The number of carboxylic acids is 1. The van der Waals surface area contributed by atoms with Gasteiger partial charge in [0.25, 0.3) is 0 Å². The van der Waals surface area contributed by atoms with E-state index in [0.717, 1.165) is 31.5 Å². The van der Waals surface area contributed by atoms with Gasteiger partial charge in [-0.2, -0.15) is 4.98 Å². The molecule has 0 amide bonds. The van der Waals surface area contributed by atoms with Crippen LogP contribution in [0.15, 0.2) is 4.52 Å². The van der Waals surface area contributed by atoms with E-state index in [1.165, 1.54) is 6.42 Å². The summed E-state index contributed by atoms with van der Waals surface area (Å²) in [6, 6.07) is 0. The Balaban J connectivity index is 1.68. The smallest absolute Gasteiger partial charge is 0.306 e. The van der Waals surface area contributed by atoms with Gasteiger partial charge in [0, 0.05) is 11.8 Å². The van der Waals surface area contributed by atoms with Crippen LogP contribution in [-0.4, -0.2) is 21.2 Å². The molecule has 2 unspecified atom stereocenters. The number of aliphatic carboxylic acids is 1. The molecule has 0 saturated heterocycles. The van der Waals surface area contributed by atoms with Gasteiger partial charge in [0.05, 0.1) is 5.92 Å². The number of hydrogen-bond donors (Lipinski definition) is 1. The van der Waals surface area contributed by atoms with Crippen LogP contribution in [0.25, 0.3) is 0 Å². The molecule has 17 heavy (non-hydrogen) atoms. The molecule has 0 bridgehead atoms. The summed E-state index contributed by atoms with van der Waals surface area (Å²) in [4.78, 5) is 15.3. The van der Waals surface area contributed by atoms with Gasteiger partial charge in [-0.25, -0.2) is 0 Å². The van der Waals surface area contributed by atoms with Gasteiger partial charge in [-0.05, 0) is 32.1 Å². The standard InChI is InChI=1S/C12H16N2O3/c15-12(16)9-5-4-8(6-9)11-13-10(14-17-11)7-2-1-3-7/h7-9H,1-6H2,(H,15,16). The van der Waals surface area contributed by atoms with Crippen LogP contribution < -0.4 is 0 Å². The van der Waals surface area contributed by atoms with Crippen LogP contribution in [0.3, 0.4) is 0 Å². The molecule has 2 atom stereocenters. The molecule has 0 radical (unpaired) electrons. The lowest BCUT2D eigenvalue weighted by Crippen LogP contribution is -2.11. The van der Waals surface area contributed by atoms with Gasteiger partial charge in [-0.15, -0.1) is 0 Å². The fraction of sp³-hybridized carbons (Fsp3) is 0.750. The van der Waals surface area contributed by atoms with Crippen LogP contribution >= 0.6 is 0 Å². The molecule has 0 aliphatic heterocycles. The Labute approximate surface area is 99.2 Å². The molecular weight excluding hydrogens is 220 g/mol. The molecule has 2 saturated carbocycles. The number of carboxylic acid groups (broad SMARTS) is 1. The van der Waals surface area contributed by atoms with Crippen molar-refractivity contribution in [3.8, 4) is 0 Å². The molecule has 1 N–H and O–H groups in total. The largest absolute Gasteiger partial charge is 0.481 e. The molecule has 1 aromatic rings. The van der Waals surface area contributed by atoms with E-state index in [9.17, 15) is 4.79 Å². The first-order valence-electron chi connectivity index (χ1n) is 6.30. The number of nitrogens with zero attached hydrogens (tertiary/aromatic N) is 2. The number of hydrogen-bond acceptors (Lipinski definition) is 4. The van der Waals surface area contributed by atoms with Crippen molar-refractivity contribution in [3.63, 3.8) is 0 Å². The van der Waals surface area contributed by atoms with Gasteiger partial charge in [-0.3, -0.25) is 4.79 Å². The van der Waals surface area contributed by atoms with Crippen molar-refractivity contribution < 1.29 is 14.4 Å². The fourth-order valence-corrected chi connectivity index (χ4v) is 2.68. The molecule has 5 nitrogen and oxygen atoms in total. The van der Waals surface area contributed by atoms with Crippen LogP contribution in [0.2, 0.25) is 0 Å². The number of carbonyl (C=O) groups is 1. The normalized spacial score (nSPS) is 29.2. The molecule has 1 aromatic heterocycles. The van der Waals surface area contributed by atoms with E-state index in [4.69, 9.17) is 9.63 Å². The van der Waals surface area contributed by atoms with E-state index >= 15 is 0 Å². The van der Waals surface area contributed by atoms with Crippen molar-refractivity contribution in [2.24, 2.45) is 5.92 Å². The third kappa shape index (κ3) is 1.94. The van der Waals surface area contributed by atoms with Crippen molar-refractivity contribution >= 4 is 5.97 Å². The second kappa shape index (κ2) is 4.13. The number of aromatic nitrogens is 2. The lowest BCUT2D eigenvalue weighted by molar-refractivity contribution is -0.141. The number of rotatable bonds is 3. The van der Waals surface area contributed by atoms with Crippen molar-refractivity contribution in [1.29, 1.82) is 0 Å². The lowest BCUT2D eigenvalue weighted by atomic mass is 9.85.